The van der Waals surface area contributed by atoms with Gasteiger partial charge in [0.1, 0.15) is 0 Å². The van der Waals surface area contributed by atoms with Gasteiger partial charge in [-0.1, -0.05) is 6.07 Å². The second-order valence-electron chi connectivity index (χ2n) is 3.10. The molecule has 14 heavy (non-hydrogen) atoms. The van der Waals surface area contributed by atoms with Crippen molar-refractivity contribution >= 4 is 21.4 Å². The zero-order chi connectivity index (χ0) is 10.3. The minimum atomic E-state index is -2.50. The van der Waals surface area contributed by atoms with Crippen molar-refractivity contribution in [2.45, 2.75) is 13.3 Å². The first-order valence-corrected chi connectivity index (χ1v) is 4.87. The Hall–Kier alpha value is -1.03. The van der Waals surface area contributed by atoms with Crippen molar-refractivity contribution in [3.63, 3.8) is 0 Å². The van der Waals surface area contributed by atoms with Gasteiger partial charge in [-0.2, -0.15) is 4.39 Å². The Morgan fingerprint density at radius 3 is 2.57 bits per heavy atom. The minimum absolute atomic E-state index is 0.0145. The fourth-order valence-corrected chi connectivity index (χ4v) is 2.24. The van der Waals surface area contributed by atoms with E-state index in [1.807, 2.05) is 0 Å². The van der Waals surface area contributed by atoms with Crippen LogP contribution < -0.4 is 0 Å². The van der Waals surface area contributed by atoms with Crippen LogP contribution in [0.3, 0.4) is 0 Å². The predicted octanol–water partition coefficient (Wildman–Crippen LogP) is 4.29. The van der Waals surface area contributed by atoms with Crippen molar-refractivity contribution in [3.8, 4) is 0 Å². The topological polar surface area (TPSA) is 0 Å². The number of hydrogen-bond acceptors (Lipinski definition) is 1. The van der Waals surface area contributed by atoms with E-state index in [9.17, 15) is 13.2 Å². The summed E-state index contributed by atoms with van der Waals surface area (Å²) >= 11 is 0.892. The van der Waals surface area contributed by atoms with E-state index < -0.39 is 6.43 Å². The average Bonchev–Trinajstić information content (AvgIpc) is 2.42. The number of fused-ring (bicyclic) bond motifs is 1. The van der Waals surface area contributed by atoms with Gasteiger partial charge in [-0.05, 0) is 30.0 Å². The lowest BCUT2D eigenvalue weighted by molar-refractivity contribution is 0.151. The van der Waals surface area contributed by atoms with Crippen molar-refractivity contribution in [2.24, 2.45) is 0 Å². The van der Waals surface area contributed by atoms with Crippen LogP contribution in [0.25, 0.3) is 10.1 Å². The second-order valence-corrected chi connectivity index (χ2v) is 4.13. The number of rotatable bonds is 1. The molecule has 1 heterocycles. The summed E-state index contributed by atoms with van der Waals surface area (Å²) in [6.45, 7) is 1.61. The Bertz CT molecular complexity index is 473. The number of halogens is 3. The molecular formula is C10H7F3S. The van der Waals surface area contributed by atoms with Crippen molar-refractivity contribution in [1.82, 2.24) is 0 Å². The van der Waals surface area contributed by atoms with E-state index in [1.54, 1.807) is 13.0 Å². The second kappa shape index (κ2) is 3.28. The van der Waals surface area contributed by atoms with E-state index in [2.05, 4.69) is 0 Å². The van der Waals surface area contributed by atoms with Crippen LogP contribution in [0.5, 0.6) is 0 Å². The highest BCUT2D eigenvalue weighted by molar-refractivity contribution is 7.17. The van der Waals surface area contributed by atoms with Gasteiger partial charge in [0.25, 0.3) is 6.43 Å². The number of thiophene rings is 1. The molecule has 0 saturated carbocycles. The summed E-state index contributed by atoms with van der Waals surface area (Å²) in [6, 6.07) is 4.32. The third-order valence-corrected chi connectivity index (χ3v) is 3.00. The number of aryl methyl sites for hydroxylation is 1. The molecule has 0 amide bonds. The Labute approximate surface area is 83.0 Å². The highest BCUT2D eigenvalue weighted by atomic mass is 32.1. The molecule has 0 aliphatic rings. The highest BCUT2D eigenvalue weighted by Crippen LogP contribution is 2.31. The molecule has 0 atom stereocenters. The first-order chi connectivity index (χ1) is 6.58. The zero-order valence-electron chi connectivity index (χ0n) is 7.35. The highest BCUT2D eigenvalue weighted by Gasteiger charge is 2.12. The first-order valence-electron chi connectivity index (χ1n) is 4.05. The monoisotopic (exact) mass is 216 g/mol. The molecule has 4 heteroatoms. The lowest BCUT2D eigenvalue weighted by Crippen LogP contribution is -1.87. The van der Waals surface area contributed by atoms with Gasteiger partial charge in [-0.15, -0.1) is 11.3 Å². The van der Waals surface area contributed by atoms with Crippen LogP contribution >= 0.6 is 11.3 Å². The summed E-state index contributed by atoms with van der Waals surface area (Å²) in [4.78, 5) is 0. The normalized spacial score (nSPS) is 11.5. The molecule has 0 bridgehead atoms. The molecule has 0 radical (unpaired) electrons. The summed E-state index contributed by atoms with van der Waals surface area (Å²) in [5.74, 6) is 0. The van der Waals surface area contributed by atoms with Gasteiger partial charge in [-0.3, -0.25) is 0 Å². The molecule has 0 aliphatic heterocycles. The van der Waals surface area contributed by atoms with E-state index >= 15 is 0 Å². The van der Waals surface area contributed by atoms with Crippen molar-refractivity contribution in [3.05, 3.63) is 34.5 Å². The third-order valence-electron chi connectivity index (χ3n) is 2.11. The molecule has 2 rings (SSSR count). The molecule has 0 spiro atoms. The smallest absolute Gasteiger partial charge is 0.205 e. The standard InChI is InChI=1S/C10H7F3S/c1-5-2-6-3-9(11)14-8(6)4-7(5)10(12)13/h2-4,10H,1H3. The maximum absolute atomic E-state index is 12.8. The molecule has 0 nitrogen and oxygen atoms in total. The van der Waals surface area contributed by atoms with Gasteiger partial charge in [0, 0.05) is 10.3 Å². The quantitative estimate of drug-likeness (QED) is 0.667. The molecule has 0 aliphatic carbocycles. The van der Waals surface area contributed by atoms with Gasteiger partial charge in [0.2, 0.25) is 0 Å². The lowest BCUT2D eigenvalue weighted by Gasteiger charge is -2.03. The fraction of sp³-hybridized carbons (Fsp3) is 0.200. The number of benzene rings is 1. The van der Waals surface area contributed by atoms with Crippen molar-refractivity contribution in [1.29, 1.82) is 0 Å². The summed E-state index contributed by atoms with van der Waals surface area (Å²) in [5, 5.41) is 0.347. The SMILES string of the molecule is Cc1cc2cc(F)sc2cc1C(F)F. The van der Waals surface area contributed by atoms with E-state index in [0.29, 0.717) is 15.6 Å². The summed E-state index contributed by atoms with van der Waals surface area (Å²) in [7, 11) is 0. The molecule has 1 aromatic heterocycles. The van der Waals surface area contributed by atoms with Crippen LogP contribution in [-0.4, -0.2) is 0 Å². The van der Waals surface area contributed by atoms with Crippen LogP contribution in [0.4, 0.5) is 13.2 Å². The van der Waals surface area contributed by atoms with E-state index in [4.69, 9.17) is 0 Å². The molecule has 74 valence electrons. The fourth-order valence-electron chi connectivity index (χ4n) is 1.42. The Morgan fingerprint density at radius 1 is 1.21 bits per heavy atom. The number of alkyl halides is 2. The van der Waals surface area contributed by atoms with Crippen molar-refractivity contribution in [2.75, 3.05) is 0 Å². The van der Waals surface area contributed by atoms with Crippen LogP contribution in [0.2, 0.25) is 0 Å². The molecule has 0 fully saturated rings. The minimum Gasteiger partial charge on any atom is -0.205 e. The zero-order valence-corrected chi connectivity index (χ0v) is 8.17. The largest absolute Gasteiger partial charge is 0.264 e. The first kappa shape index (κ1) is 9.52. The molecular weight excluding hydrogens is 209 g/mol. The third kappa shape index (κ3) is 1.50. The van der Waals surface area contributed by atoms with Crippen LogP contribution in [-0.2, 0) is 0 Å². The van der Waals surface area contributed by atoms with Gasteiger partial charge in [0.05, 0.1) is 0 Å². The number of hydrogen-bond donors (Lipinski definition) is 0. The Kier molecular flexibility index (Phi) is 2.23. The van der Waals surface area contributed by atoms with Crippen LogP contribution in [0.1, 0.15) is 17.6 Å². The van der Waals surface area contributed by atoms with E-state index in [0.717, 1.165) is 11.3 Å². The predicted molar refractivity (Wildman–Crippen MR) is 51.5 cm³/mol. The van der Waals surface area contributed by atoms with E-state index in [-0.39, 0.29) is 10.7 Å². The summed E-state index contributed by atoms with van der Waals surface area (Å²) in [5.41, 5.74) is 0.490. The van der Waals surface area contributed by atoms with Gasteiger partial charge in [0.15, 0.2) is 5.13 Å². The molecule has 0 unspecified atom stereocenters. The Balaban J connectivity index is 2.70. The molecule has 0 N–H and O–H groups in total. The van der Waals surface area contributed by atoms with E-state index in [1.165, 1.54) is 12.1 Å². The van der Waals surface area contributed by atoms with Crippen molar-refractivity contribution < 1.29 is 13.2 Å². The van der Waals surface area contributed by atoms with Crippen LogP contribution in [0, 0.1) is 12.1 Å². The lowest BCUT2D eigenvalue weighted by atomic mass is 10.1. The molecule has 2 aromatic rings. The summed E-state index contributed by atoms with van der Waals surface area (Å²) < 4.78 is 38.3. The molecule has 1 aromatic carbocycles. The average molecular weight is 216 g/mol. The maximum atomic E-state index is 12.8. The van der Waals surface area contributed by atoms with Gasteiger partial charge >= 0.3 is 0 Å². The van der Waals surface area contributed by atoms with Crippen LogP contribution in [0.15, 0.2) is 18.2 Å². The molecule has 0 saturated heterocycles. The maximum Gasteiger partial charge on any atom is 0.264 e. The van der Waals surface area contributed by atoms with Gasteiger partial charge in [-0.25, -0.2) is 8.78 Å². The Morgan fingerprint density at radius 2 is 1.93 bits per heavy atom. The summed E-state index contributed by atoms with van der Waals surface area (Å²) in [6.07, 6.45) is -2.50. The van der Waals surface area contributed by atoms with Gasteiger partial charge < -0.3 is 0 Å².